The van der Waals surface area contributed by atoms with Crippen molar-refractivity contribution in [2.24, 2.45) is 5.73 Å². The highest BCUT2D eigenvalue weighted by molar-refractivity contribution is 5.73. The Morgan fingerprint density at radius 3 is 2.67 bits per heavy atom. The Morgan fingerprint density at radius 2 is 1.94 bits per heavy atom. The predicted octanol–water partition coefficient (Wildman–Crippen LogP) is 3.13. The fraction of sp³-hybridized carbons (Fsp3) is 0.320. The van der Waals surface area contributed by atoms with Gasteiger partial charge in [-0.25, -0.2) is 9.97 Å². The number of aliphatic carboxylic acids is 1. The van der Waals surface area contributed by atoms with E-state index < -0.39 is 12.0 Å². The first-order valence-corrected chi connectivity index (χ1v) is 11.1. The van der Waals surface area contributed by atoms with Crippen LogP contribution in [-0.2, 0) is 17.8 Å². The summed E-state index contributed by atoms with van der Waals surface area (Å²) in [6.07, 6.45) is 2.94. The number of anilines is 1. The Morgan fingerprint density at radius 1 is 1.15 bits per heavy atom. The molecule has 1 atom stereocenters. The molecule has 3 aromatic rings. The van der Waals surface area contributed by atoms with E-state index in [2.05, 4.69) is 39.2 Å². The van der Waals surface area contributed by atoms with E-state index in [1.54, 1.807) is 18.3 Å². The van der Waals surface area contributed by atoms with Crippen LogP contribution in [0, 0.1) is 0 Å². The average Bonchev–Trinajstić information content (AvgIpc) is 2.83. The number of rotatable bonds is 12. The molecule has 0 unspecified atom stereocenters. The minimum absolute atomic E-state index is 0.260. The Kier molecular flexibility index (Phi) is 8.74. The van der Waals surface area contributed by atoms with Crippen LogP contribution in [0.3, 0.4) is 0 Å². The molecule has 8 heteroatoms. The average molecular weight is 450 g/mol. The van der Waals surface area contributed by atoms with Crippen molar-refractivity contribution in [3.8, 4) is 17.0 Å². The van der Waals surface area contributed by atoms with Crippen LogP contribution in [0.4, 0.5) is 5.95 Å². The predicted molar refractivity (Wildman–Crippen MR) is 129 cm³/mol. The second-order valence-corrected chi connectivity index (χ2v) is 7.91. The molecule has 3 rings (SSSR count). The molecule has 0 aliphatic heterocycles. The molecular weight excluding hydrogens is 418 g/mol. The topological polar surface area (TPSA) is 125 Å². The molecule has 0 radical (unpaired) electrons. The molecule has 2 aromatic carbocycles. The van der Waals surface area contributed by atoms with Gasteiger partial charge in [0.15, 0.2) is 0 Å². The molecule has 0 saturated carbocycles. The van der Waals surface area contributed by atoms with E-state index in [0.717, 1.165) is 35.3 Å². The van der Waals surface area contributed by atoms with Crippen molar-refractivity contribution in [3.63, 3.8) is 0 Å². The van der Waals surface area contributed by atoms with Gasteiger partial charge in [0.25, 0.3) is 0 Å². The number of phenols is 1. The van der Waals surface area contributed by atoms with Gasteiger partial charge < -0.3 is 21.3 Å². The molecule has 0 spiro atoms. The number of benzene rings is 2. The second kappa shape index (κ2) is 11.9. The van der Waals surface area contributed by atoms with E-state index in [9.17, 15) is 9.90 Å². The van der Waals surface area contributed by atoms with Gasteiger partial charge in [-0.1, -0.05) is 37.3 Å². The van der Waals surface area contributed by atoms with Gasteiger partial charge in [-0.3, -0.25) is 9.69 Å². The summed E-state index contributed by atoms with van der Waals surface area (Å²) in [4.78, 5) is 22.1. The highest BCUT2D eigenvalue weighted by atomic mass is 16.4. The van der Waals surface area contributed by atoms with Gasteiger partial charge in [-0.05, 0) is 54.8 Å². The van der Waals surface area contributed by atoms with E-state index in [4.69, 9.17) is 10.8 Å². The quantitative estimate of drug-likeness (QED) is 0.332. The zero-order chi connectivity index (χ0) is 23.6. The third-order valence-corrected chi connectivity index (χ3v) is 5.44. The number of carbonyl (C=O) groups is 1. The summed E-state index contributed by atoms with van der Waals surface area (Å²) in [7, 11) is 0. The van der Waals surface area contributed by atoms with Crippen molar-refractivity contribution in [2.45, 2.75) is 32.4 Å². The first-order chi connectivity index (χ1) is 15.9. The third-order valence-electron chi connectivity index (χ3n) is 5.44. The van der Waals surface area contributed by atoms with Crippen LogP contribution < -0.4 is 11.1 Å². The third kappa shape index (κ3) is 7.55. The first kappa shape index (κ1) is 24.2. The molecule has 33 heavy (non-hydrogen) atoms. The van der Waals surface area contributed by atoms with E-state index >= 15 is 0 Å². The fourth-order valence-electron chi connectivity index (χ4n) is 3.47. The zero-order valence-electron chi connectivity index (χ0n) is 18.8. The van der Waals surface area contributed by atoms with Crippen molar-refractivity contribution in [3.05, 3.63) is 71.9 Å². The van der Waals surface area contributed by atoms with Gasteiger partial charge in [0.1, 0.15) is 11.8 Å². The minimum Gasteiger partial charge on any atom is -0.508 e. The van der Waals surface area contributed by atoms with Crippen LogP contribution in [0.1, 0.15) is 24.5 Å². The summed E-state index contributed by atoms with van der Waals surface area (Å²) in [6.45, 7) is 4.87. The number of carboxylic acid groups (broad SMARTS) is 1. The molecule has 0 bridgehead atoms. The maximum atomic E-state index is 11.0. The molecule has 0 amide bonds. The van der Waals surface area contributed by atoms with Gasteiger partial charge in [-0.2, -0.15) is 0 Å². The van der Waals surface area contributed by atoms with Gasteiger partial charge in [0.2, 0.25) is 5.95 Å². The molecule has 174 valence electrons. The number of nitrogens with one attached hydrogen (secondary N) is 1. The molecule has 1 aromatic heterocycles. The summed E-state index contributed by atoms with van der Waals surface area (Å²) in [5.41, 5.74) is 9.71. The highest BCUT2D eigenvalue weighted by Crippen LogP contribution is 2.20. The number of nitrogens with two attached hydrogens (primary N) is 1. The summed E-state index contributed by atoms with van der Waals surface area (Å²) < 4.78 is 0. The van der Waals surface area contributed by atoms with Crippen LogP contribution in [-0.4, -0.2) is 56.7 Å². The summed E-state index contributed by atoms with van der Waals surface area (Å²) >= 11 is 0. The zero-order valence-corrected chi connectivity index (χ0v) is 18.8. The lowest BCUT2D eigenvalue weighted by Gasteiger charge is -2.21. The fourth-order valence-corrected chi connectivity index (χ4v) is 3.47. The molecule has 1 heterocycles. The number of phenolic OH excluding ortho intramolecular Hbond substituents is 1. The second-order valence-electron chi connectivity index (χ2n) is 7.91. The maximum Gasteiger partial charge on any atom is 0.320 e. The Hall–Kier alpha value is -3.49. The molecule has 0 aliphatic carbocycles. The van der Waals surface area contributed by atoms with Crippen molar-refractivity contribution < 1.29 is 15.0 Å². The summed E-state index contributed by atoms with van der Waals surface area (Å²) in [5, 5.41) is 21.6. The monoisotopic (exact) mass is 449 g/mol. The number of aromatic hydroxyl groups is 1. The molecule has 0 saturated heterocycles. The smallest absolute Gasteiger partial charge is 0.320 e. The van der Waals surface area contributed by atoms with Crippen LogP contribution in [0.5, 0.6) is 5.75 Å². The van der Waals surface area contributed by atoms with Gasteiger partial charge in [-0.15, -0.1) is 0 Å². The van der Waals surface area contributed by atoms with E-state index in [1.165, 1.54) is 0 Å². The maximum absolute atomic E-state index is 11.0. The number of aromatic nitrogens is 2. The first-order valence-electron chi connectivity index (χ1n) is 11.1. The molecule has 0 fully saturated rings. The van der Waals surface area contributed by atoms with Gasteiger partial charge >= 0.3 is 5.97 Å². The SMILES string of the molecule is CCN(CC[C@H](N)C(=O)O)Cc1cccc(-c2ccnc(NCCc3ccc(O)cc3)n2)c1. The lowest BCUT2D eigenvalue weighted by Crippen LogP contribution is -2.35. The van der Waals surface area contributed by atoms with Crippen LogP contribution >= 0.6 is 0 Å². The van der Waals surface area contributed by atoms with Crippen LogP contribution in [0.25, 0.3) is 11.3 Å². The number of nitrogens with zero attached hydrogens (tertiary/aromatic N) is 3. The van der Waals surface area contributed by atoms with Gasteiger partial charge in [0, 0.05) is 31.4 Å². The lowest BCUT2D eigenvalue weighted by molar-refractivity contribution is -0.138. The van der Waals surface area contributed by atoms with Crippen molar-refractivity contribution in [2.75, 3.05) is 25.0 Å². The molecular formula is C25H31N5O3. The lowest BCUT2D eigenvalue weighted by atomic mass is 10.1. The standard InChI is InChI=1S/C25H31N5O3/c1-2-30(15-12-22(26)24(32)33)17-19-4-3-5-20(16-19)23-11-14-28-25(29-23)27-13-10-18-6-8-21(31)9-7-18/h3-9,11,14,16,22,31H,2,10,12-13,15,17,26H2,1H3,(H,32,33)(H,27,28,29)/t22-/m0/s1. The van der Waals surface area contributed by atoms with Crippen LogP contribution in [0.2, 0.25) is 0 Å². The molecule has 8 nitrogen and oxygen atoms in total. The number of hydrogen-bond donors (Lipinski definition) is 4. The summed E-state index contributed by atoms with van der Waals surface area (Å²) in [6, 6.07) is 16.4. The van der Waals surface area contributed by atoms with Crippen molar-refractivity contribution in [1.82, 2.24) is 14.9 Å². The number of carboxylic acids is 1. The van der Waals surface area contributed by atoms with E-state index in [1.807, 2.05) is 30.3 Å². The Labute approximate surface area is 194 Å². The van der Waals surface area contributed by atoms with Crippen molar-refractivity contribution >= 4 is 11.9 Å². The largest absolute Gasteiger partial charge is 0.508 e. The Balaban J connectivity index is 1.60. The normalized spacial score (nSPS) is 12.0. The van der Waals surface area contributed by atoms with Crippen molar-refractivity contribution in [1.29, 1.82) is 0 Å². The van der Waals surface area contributed by atoms with Crippen LogP contribution in [0.15, 0.2) is 60.8 Å². The van der Waals surface area contributed by atoms with E-state index in [0.29, 0.717) is 32.0 Å². The van der Waals surface area contributed by atoms with E-state index in [-0.39, 0.29) is 5.75 Å². The molecule has 5 N–H and O–H groups in total. The Bertz CT molecular complexity index is 1040. The van der Waals surface area contributed by atoms with Gasteiger partial charge in [0.05, 0.1) is 5.69 Å². The summed E-state index contributed by atoms with van der Waals surface area (Å²) in [5.74, 6) is -0.144. The number of hydrogen-bond acceptors (Lipinski definition) is 7. The molecule has 0 aliphatic rings. The highest BCUT2D eigenvalue weighted by Gasteiger charge is 2.13. The minimum atomic E-state index is -0.968.